The predicted octanol–water partition coefficient (Wildman–Crippen LogP) is 3.45. The fraction of sp³-hybridized carbons (Fsp3) is 0.500. The molecule has 0 bridgehead atoms. The molecule has 0 radical (unpaired) electrons. The van der Waals surface area contributed by atoms with Crippen LogP contribution in [0.25, 0.3) is 0 Å². The normalized spacial score (nSPS) is 23.1. The third-order valence-electron chi connectivity index (χ3n) is 3.22. The molecule has 0 aliphatic carbocycles. The third kappa shape index (κ3) is 3.49. The molecular formula is C12H15Cl2N3O2. The Bertz CT molecular complexity index is 496. The minimum atomic E-state index is -0.449. The van der Waals surface area contributed by atoms with E-state index in [4.69, 9.17) is 23.2 Å². The van der Waals surface area contributed by atoms with Gasteiger partial charge in [0.2, 0.25) is 0 Å². The van der Waals surface area contributed by atoms with Crippen molar-refractivity contribution in [3.05, 3.63) is 32.3 Å². The van der Waals surface area contributed by atoms with Crippen molar-refractivity contribution < 1.29 is 4.92 Å². The van der Waals surface area contributed by atoms with Crippen LogP contribution in [0, 0.1) is 10.1 Å². The van der Waals surface area contributed by atoms with Gasteiger partial charge in [0.05, 0.1) is 15.0 Å². The van der Waals surface area contributed by atoms with E-state index >= 15 is 0 Å². The van der Waals surface area contributed by atoms with Gasteiger partial charge >= 0.3 is 0 Å². The van der Waals surface area contributed by atoms with Crippen LogP contribution in [-0.4, -0.2) is 23.6 Å². The van der Waals surface area contributed by atoms with Gasteiger partial charge in [-0.3, -0.25) is 10.1 Å². The molecule has 19 heavy (non-hydrogen) atoms. The summed E-state index contributed by atoms with van der Waals surface area (Å²) in [5.74, 6) is 0. The molecule has 1 aliphatic heterocycles. The standard InChI is InChI=1S/C12H15Cl2N3O2/c1-7-4-8(2-3-15-7)16-11-5-9(13)10(14)6-12(11)17(18)19/h5-8,15-16H,2-4H2,1H3. The van der Waals surface area contributed by atoms with Crippen molar-refractivity contribution in [2.45, 2.75) is 31.8 Å². The van der Waals surface area contributed by atoms with Gasteiger partial charge in [-0.15, -0.1) is 0 Å². The number of hydrogen-bond acceptors (Lipinski definition) is 4. The average molecular weight is 304 g/mol. The SMILES string of the molecule is CC1CC(Nc2cc(Cl)c(Cl)cc2[N+](=O)[O-])CCN1. The molecule has 7 heteroatoms. The summed E-state index contributed by atoms with van der Waals surface area (Å²) in [6.45, 7) is 2.99. The van der Waals surface area contributed by atoms with Crippen molar-refractivity contribution in [3.63, 3.8) is 0 Å². The molecule has 1 heterocycles. The number of halogens is 2. The number of nitro groups is 1. The maximum absolute atomic E-state index is 11.0. The lowest BCUT2D eigenvalue weighted by atomic mass is 10.0. The highest BCUT2D eigenvalue weighted by molar-refractivity contribution is 6.42. The van der Waals surface area contributed by atoms with Crippen LogP contribution in [0.2, 0.25) is 10.0 Å². The molecule has 2 N–H and O–H groups in total. The first-order valence-electron chi connectivity index (χ1n) is 6.10. The number of anilines is 1. The van der Waals surface area contributed by atoms with Gasteiger partial charge < -0.3 is 10.6 Å². The number of piperidine rings is 1. The van der Waals surface area contributed by atoms with E-state index in [9.17, 15) is 10.1 Å². The van der Waals surface area contributed by atoms with Crippen LogP contribution in [0.3, 0.4) is 0 Å². The van der Waals surface area contributed by atoms with Gasteiger partial charge in [0.1, 0.15) is 5.69 Å². The van der Waals surface area contributed by atoms with Gasteiger partial charge in [0.25, 0.3) is 5.69 Å². The summed E-state index contributed by atoms with van der Waals surface area (Å²) in [5.41, 5.74) is 0.388. The molecule has 104 valence electrons. The average Bonchev–Trinajstić information content (AvgIpc) is 2.33. The van der Waals surface area contributed by atoms with Crippen molar-refractivity contribution >= 4 is 34.6 Å². The van der Waals surface area contributed by atoms with Crippen LogP contribution in [0.4, 0.5) is 11.4 Å². The Balaban J connectivity index is 2.23. The first kappa shape index (κ1) is 14.4. The molecule has 1 aromatic carbocycles. The van der Waals surface area contributed by atoms with Crippen LogP contribution in [0.1, 0.15) is 19.8 Å². The zero-order chi connectivity index (χ0) is 14.0. The molecule has 0 amide bonds. The lowest BCUT2D eigenvalue weighted by Crippen LogP contribution is -2.41. The van der Waals surface area contributed by atoms with Crippen LogP contribution in [0.5, 0.6) is 0 Å². The quantitative estimate of drug-likeness (QED) is 0.663. The summed E-state index contributed by atoms with van der Waals surface area (Å²) < 4.78 is 0. The Morgan fingerprint density at radius 1 is 1.42 bits per heavy atom. The van der Waals surface area contributed by atoms with Gasteiger partial charge in [-0.2, -0.15) is 0 Å². The van der Waals surface area contributed by atoms with Crippen LogP contribution < -0.4 is 10.6 Å². The fourth-order valence-corrected chi connectivity index (χ4v) is 2.61. The van der Waals surface area contributed by atoms with Gasteiger partial charge in [-0.25, -0.2) is 0 Å². The minimum absolute atomic E-state index is 0.0411. The van der Waals surface area contributed by atoms with E-state index in [1.807, 2.05) is 0 Å². The molecule has 0 saturated carbocycles. The summed E-state index contributed by atoms with van der Waals surface area (Å²) in [7, 11) is 0. The Hall–Kier alpha value is -1.04. The molecule has 5 nitrogen and oxygen atoms in total. The largest absolute Gasteiger partial charge is 0.377 e. The Morgan fingerprint density at radius 2 is 2.11 bits per heavy atom. The summed E-state index contributed by atoms with van der Waals surface area (Å²) in [5, 5.41) is 18.1. The zero-order valence-electron chi connectivity index (χ0n) is 10.5. The monoisotopic (exact) mass is 303 g/mol. The maximum Gasteiger partial charge on any atom is 0.293 e. The lowest BCUT2D eigenvalue weighted by Gasteiger charge is -2.29. The second kappa shape index (κ2) is 5.94. The van der Waals surface area contributed by atoms with Crippen molar-refractivity contribution in [1.29, 1.82) is 0 Å². The first-order chi connectivity index (χ1) is 8.97. The molecule has 0 aromatic heterocycles. The number of rotatable bonds is 3. The van der Waals surface area contributed by atoms with E-state index < -0.39 is 4.92 Å². The number of benzene rings is 1. The van der Waals surface area contributed by atoms with Crippen LogP contribution in [-0.2, 0) is 0 Å². The maximum atomic E-state index is 11.0. The van der Waals surface area contributed by atoms with Gasteiger partial charge in [0.15, 0.2) is 0 Å². The first-order valence-corrected chi connectivity index (χ1v) is 6.86. The van der Waals surface area contributed by atoms with Crippen molar-refractivity contribution in [2.75, 3.05) is 11.9 Å². The predicted molar refractivity (Wildman–Crippen MR) is 77.2 cm³/mol. The van der Waals surface area contributed by atoms with Crippen molar-refractivity contribution in [3.8, 4) is 0 Å². The van der Waals surface area contributed by atoms with Crippen LogP contribution >= 0.6 is 23.2 Å². The van der Waals surface area contributed by atoms with Crippen molar-refractivity contribution in [1.82, 2.24) is 5.32 Å². The Morgan fingerprint density at radius 3 is 2.74 bits per heavy atom. The van der Waals surface area contributed by atoms with E-state index in [0.717, 1.165) is 19.4 Å². The number of hydrogen-bond donors (Lipinski definition) is 2. The topological polar surface area (TPSA) is 67.2 Å². The minimum Gasteiger partial charge on any atom is -0.377 e. The van der Waals surface area contributed by atoms with Gasteiger partial charge in [-0.05, 0) is 32.4 Å². The Kier molecular flexibility index (Phi) is 4.50. The molecule has 1 aliphatic rings. The fourth-order valence-electron chi connectivity index (χ4n) is 2.29. The summed E-state index contributed by atoms with van der Waals surface area (Å²) >= 11 is 11.8. The molecule has 2 unspecified atom stereocenters. The highest BCUT2D eigenvalue weighted by Crippen LogP contribution is 2.34. The second-order valence-electron chi connectivity index (χ2n) is 4.76. The van der Waals surface area contributed by atoms with E-state index in [0.29, 0.717) is 16.8 Å². The smallest absolute Gasteiger partial charge is 0.293 e. The van der Waals surface area contributed by atoms with E-state index in [2.05, 4.69) is 17.6 Å². The number of nitrogens with one attached hydrogen (secondary N) is 2. The highest BCUT2D eigenvalue weighted by Gasteiger charge is 2.23. The highest BCUT2D eigenvalue weighted by atomic mass is 35.5. The molecule has 0 spiro atoms. The molecule has 1 aromatic rings. The van der Waals surface area contributed by atoms with Gasteiger partial charge in [-0.1, -0.05) is 23.2 Å². The lowest BCUT2D eigenvalue weighted by molar-refractivity contribution is -0.384. The molecule has 2 atom stereocenters. The van der Waals surface area contributed by atoms with E-state index in [1.54, 1.807) is 0 Å². The summed E-state index contributed by atoms with van der Waals surface area (Å²) in [6, 6.07) is 3.41. The molecule has 2 rings (SSSR count). The number of nitrogens with zero attached hydrogens (tertiary/aromatic N) is 1. The van der Waals surface area contributed by atoms with Crippen molar-refractivity contribution in [2.24, 2.45) is 0 Å². The zero-order valence-corrected chi connectivity index (χ0v) is 12.0. The molecule has 1 fully saturated rings. The molecule has 1 saturated heterocycles. The third-order valence-corrected chi connectivity index (χ3v) is 3.94. The van der Waals surface area contributed by atoms with E-state index in [-0.39, 0.29) is 16.8 Å². The molecular weight excluding hydrogens is 289 g/mol. The van der Waals surface area contributed by atoms with E-state index in [1.165, 1.54) is 12.1 Å². The van der Waals surface area contributed by atoms with Crippen LogP contribution in [0.15, 0.2) is 12.1 Å². The number of nitro benzene ring substituents is 1. The summed E-state index contributed by atoms with van der Waals surface area (Å²) in [4.78, 5) is 10.6. The second-order valence-corrected chi connectivity index (χ2v) is 5.58. The van der Waals surface area contributed by atoms with Gasteiger partial charge in [0, 0.05) is 18.2 Å². The Labute approximate surface area is 121 Å². The summed E-state index contributed by atoms with van der Waals surface area (Å²) in [6.07, 6.45) is 1.83.